The van der Waals surface area contributed by atoms with E-state index in [0.29, 0.717) is 0 Å². The lowest BCUT2D eigenvalue weighted by molar-refractivity contribution is 0.0931. The second-order valence-electron chi connectivity index (χ2n) is 8.65. The van der Waals surface area contributed by atoms with Crippen LogP contribution in [0.5, 0.6) is 0 Å². The third kappa shape index (κ3) is 6.28. The zero-order valence-corrected chi connectivity index (χ0v) is 18.7. The van der Waals surface area contributed by atoms with E-state index >= 15 is 0 Å². The summed E-state index contributed by atoms with van der Waals surface area (Å²) < 4.78 is 14.8. The van der Waals surface area contributed by atoms with Gasteiger partial charge >= 0.3 is 0 Å². The van der Waals surface area contributed by atoms with Crippen molar-refractivity contribution in [2.24, 2.45) is 0 Å². The zero-order valence-electron chi connectivity index (χ0n) is 18.7. The van der Waals surface area contributed by atoms with Crippen molar-refractivity contribution in [1.29, 1.82) is 0 Å². The summed E-state index contributed by atoms with van der Waals surface area (Å²) in [4.78, 5) is 26.3. The van der Waals surface area contributed by atoms with Gasteiger partial charge in [0.2, 0.25) is 0 Å². The van der Waals surface area contributed by atoms with Gasteiger partial charge in [0.25, 0.3) is 11.5 Å². The van der Waals surface area contributed by atoms with Crippen molar-refractivity contribution < 1.29 is 9.18 Å². The molecule has 33 heavy (non-hydrogen) atoms. The van der Waals surface area contributed by atoms with Crippen LogP contribution in [0.25, 0.3) is 12.2 Å². The average molecular weight is 445 g/mol. The molecule has 1 aliphatic carbocycles. The second-order valence-corrected chi connectivity index (χ2v) is 8.65. The number of nitrogens with one attached hydrogen (secondary N) is 1. The number of halogens is 1. The lowest BCUT2D eigenvalue weighted by Crippen LogP contribution is -2.39. The number of nitrogens with zero attached hydrogens (tertiary/aromatic N) is 1. The molecule has 0 aliphatic heterocycles. The Labute approximate surface area is 193 Å². The Hall–Kier alpha value is -3.47. The molecule has 1 fully saturated rings. The summed E-state index contributed by atoms with van der Waals surface area (Å²) in [5, 5.41) is 3.09. The molecular weight excluding hydrogens is 415 g/mol. The van der Waals surface area contributed by atoms with Crippen LogP contribution in [0, 0.1) is 5.82 Å². The molecule has 0 spiro atoms. The van der Waals surface area contributed by atoms with Gasteiger partial charge in [0.15, 0.2) is 0 Å². The first-order valence-corrected chi connectivity index (χ1v) is 11.6. The van der Waals surface area contributed by atoms with Crippen LogP contribution in [0.2, 0.25) is 0 Å². The monoisotopic (exact) mass is 444 g/mol. The van der Waals surface area contributed by atoms with Gasteiger partial charge in [0.05, 0.1) is 6.54 Å². The van der Waals surface area contributed by atoms with E-state index in [-0.39, 0.29) is 35.4 Å². The van der Waals surface area contributed by atoms with E-state index in [1.165, 1.54) is 29.5 Å². The molecule has 0 unspecified atom stereocenters. The highest BCUT2D eigenvalue weighted by Crippen LogP contribution is 2.18. The zero-order chi connectivity index (χ0) is 23.0. The molecule has 1 amide bonds. The van der Waals surface area contributed by atoms with Gasteiger partial charge in [0.1, 0.15) is 11.4 Å². The number of hydrogen-bond acceptors (Lipinski definition) is 2. The summed E-state index contributed by atoms with van der Waals surface area (Å²) in [6, 6.07) is 17.7. The number of amides is 1. The number of aromatic nitrogens is 1. The van der Waals surface area contributed by atoms with Crippen LogP contribution in [-0.4, -0.2) is 16.5 Å². The molecule has 3 aromatic rings. The molecule has 0 atom stereocenters. The predicted molar refractivity (Wildman–Crippen MR) is 131 cm³/mol. The molecule has 1 aliphatic rings. The minimum atomic E-state index is -0.345. The van der Waals surface area contributed by atoms with E-state index in [4.69, 9.17) is 0 Å². The van der Waals surface area contributed by atoms with Gasteiger partial charge in [-0.1, -0.05) is 80.3 Å². The van der Waals surface area contributed by atoms with Crippen molar-refractivity contribution in [2.45, 2.75) is 51.1 Å². The van der Waals surface area contributed by atoms with Crippen LogP contribution in [0.4, 0.5) is 4.39 Å². The lowest BCUT2D eigenvalue weighted by Gasteiger charge is -2.17. The number of carbonyl (C=O) groups excluding carboxylic acids is 1. The van der Waals surface area contributed by atoms with E-state index in [0.717, 1.165) is 42.4 Å². The first-order valence-electron chi connectivity index (χ1n) is 11.6. The molecule has 0 saturated heterocycles. The molecule has 1 heterocycles. The number of rotatable bonds is 6. The Kier molecular flexibility index (Phi) is 7.51. The van der Waals surface area contributed by atoms with Gasteiger partial charge < -0.3 is 9.88 Å². The van der Waals surface area contributed by atoms with Gasteiger partial charge in [-0.2, -0.15) is 0 Å². The molecule has 5 heteroatoms. The third-order valence-corrected chi connectivity index (χ3v) is 6.08. The second kappa shape index (κ2) is 10.9. The summed E-state index contributed by atoms with van der Waals surface area (Å²) in [5.41, 5.74) is 2.36. The standard InChI is InChI=1S/C28H29FN2O2/c29-24-16-14-22(15-17-24)19-31-20-23(13-12-21-8-4-3-5-9-21)18-26(28(31)33)27(32)30-25-10-6-1-2-7-11-25/h3-5,8-9,12-18,20,25H,1-2,6-7,10-11,19H2,(H,30,32)/b13-12+. The molecule has 170 valence electrons. The van der Waals surface area contributed by atoms with Crippen LogP contribution in [-0.2, 0) is 6.54 Å². The predicted octanol–water partition coefficient (Wildman–Crippen LogP) is 5.66. The topological polar surface area (TPSA) is 51.1 Å². The third-order valence-electron chi connectivity index (χ3n) is 6.08. The van der Waals surface area contributed by atoms with E-state index < -0.39 is 0 Å². The highest BCUT2D eigenvalue weighted by atomic mass is 19.1. The number of pyridine rings is 1. The summed E-state index contributed by atoms with van der Waals surface area (Å²) in [6.45, 7) is 0.260. The number of carbonyl (C=O) groups is 1. The van der Waals surface area contributed by atoms with E-state index in [1.807, 2.05) is 42.5 Å². The van der Waals surface area contributed by atoms with Gasteiger partial charge in [0, 0.05) is 12.2 Å². The smallest absolute Gasteiger partial charge is 0.263 e. The Balaban J connectivity index is 1.65. The SMILES string of the molecule is O=C(NC1CCCCCC1)c1cc(/C=C/c2ccccc2)cn(Cc2ccc(F)cc2)c1=O. The molecule has 2 aromatic carbocycles. The Morgan fingerprint density at radius 2 is 1.61 bits per heavy atom. The summed E-state index contributed by atoms with van der Waals surface area (Å²) in [5.74, 6) is -0.649. The largest absolute Gasteiger partial charge is 0.349 e. The van der Waals surface area contributed by atoms with E-state index in [9.17, 15) is 14.0 Å². The summed E-state index contributed by atoms with van der Waals surface area (Å²) in [7, 11) is 0. The summed E-state index contributed by atoms with van der Waals surface area (Å²) in [6.07, 6.45) is 12.1. The van der Waals surface area contributed by atoms with Crippen LogP contribution < -0.4 is 10.9 Å². The van der Waals surface area contributed by atoms with Gasteiger partial charge in [-0.05, 0) is 47.7 Å². The van der Waals surface area contributed by atoms with Crippen molar-refractivity contribution in [3.8, 4) is 0 Å². The van der Waals surface area contributed by atoms with Crippen molar-refractivity contribution >= 4 is 18.1 Å². The van der Waals surface area contributed by atoms with Gasteiger partial charge in [-0.15, -0.1) is 0 Å². The maximum Gasteiger partial charge on any atom is 0.263 e. The fraction of sp³-hybridized carbons (Fsp3) is 0.286. The van der Waals surface area contributed by atoms with Crippen LogP contribution in [0.15, 0.2) is 71.7 Å². The first-order chi connectivity index (χ1) is 16.1. The Morgan fingerprint density at radius 3 is 2.30 bits per heavy atom. The molecule has 4 rings (SSSR count). The van der Waals surface area contributed by atoms with Gasteiger partial charge in [-0.25, -0.2) is 4.39 Å². The number of hydrogen-bond donors (Lipinski definition) is 1. The molecule has 0 radical (unpaired) electrons. The first kappa shape index (κ1) is 22.7. The average Bonchev–Trinajstić information content (AvgIpc) is 3.10. The fourth-order valence-corrected chi connectivity index (χ4v) is 4.26. The minimum absolute atomic E-state index is 0.105. The normalized spacial score (nSPS) is 14.8. The molecule has 4 nitrogen and oxygen atoms in total. The maximum absolute atomic E-state index is 13.3. The Morgan fingerprint density at radius 1 is 0.939 bits per heavy atom. The highest BCUT2D eigenvalue weighted by Gasteiger charge is 2.19. The van der Waals surface area contributed by atoms with Crippen molar-refractivity contribution in [3.05, 3.63) is 105 Å². The molecule has 0 bridgehead atoms. The number of benzene rings is 2. The molecule has 1 N–H and O–H groups in total. The van der Waals surface area contributed by atoms with Crippen molar-refractivity contribution in [1.82, 2.24) is 9.88 Å². The maximum atomic E-state index is 13.3. The van der Waals surface area contributed by atoms with Gasteiger partial charge in [-0.3, -0.25) is 9.59 Å². The molecular formula is C28H29FN2O2. The minimum Gasteiger partial charge on any atom is -0.349 e. The lowest BCUT2D eigenvalue weighted by atomic mass is 10.1. The van der Waals surface area contributed by atoms with Crippen LogP contribution >= 0.6 is 0 Å². The van der Waals surface area contributed by atoms with Crippen molar-refractivity contribution in [3.63, 3.8) is 0 Å². The fourth-order valence-electron chi connectivity index (χ4n) is 4.26. The van der Waals surface area contributed by atoms with Crippen LogP contribution in [0.1, 0.15) is 65.6 Å². The highest BCUT2D eigenvalue weighted by molar-refractivity contribution is 5.94. The molecule has 1 saturated carbocycles. The van der Waals surface area contributed by atoms with E-state index in [2.05, 4.69) is 5.32 Å². The van der Waals surface area contributed by atoms with Crippen LogP contribution in [0.3, 0.4) is 0 Å². The summed E-state index contributed by atoms with van der Waals surface area (Å²) >= 11 is 0. The Bertz CT molecular complexity index is 1160. The molecule has 1 aromatic heterocycles. The quantitative estimate of drug-likeness (QED) is 0.499. The van der Waals surface area contributed by atoms with Crippen molar-refractivity contribution in [2.75, 3.05) is 0 Å². The van der Waals surface area contributed by atoms with E-state index in [1.54, 1.807) is 24.4 Å².